The Morgan fingerprint density at radius 2 is 1.76 bits per heavy atom. The molecular weight excluding hydrogens is 422 g/mol. The van der Waals surface area contributed by atoms with Crippen LogP contribution in [0.1, 0.15) is 67.8 Å². The van der Waals surface area contributed by atoms with Crippen molar-refractivity contribution in [2.24, 2.45) is 0 Å². The first-order valence-corrected chi connectivity index (χ1v) is 11.1. The Balaban J connectivity index is 1.63. The van der Waals surface area contributed by atoms with Crippen molar-refractivity contribution >= 4 is 11.7 Å². The van der Waals surface area contributed by atoms with E-state index in [2.05, 4.69) is 15.3 Å². The molecule has 0 aliphatic carbocycles. The lowest BCUT2D eigenvalue weighted by Gasteiger charge is -2.20. The summed E-state index contributed by atoms with van der Waals surface area (Å²) in [6.07, 6.45) is 3.15. The summed E-state index contributed by atoms with van der Waals surface area (Å²) in [5.41, 5.74) is 2.79. The number of benzene rings is 1. The van der Waals surface area contributed by atoms with Crippen LogP contribution >= 0.6 is 0 Å². The number of nitrogens with one attached hydrogen (secondary N) is 1. The quantitative estimate of drug-likeness (QED) is 0.528. The van der Waals surface area contributed by atoms with Gasteiger partial charge >= 0.3 is 0 Å². The average Bonchev–Trinajstić information content (AvgIpc) is 3.09. The van der Waals surface area contributed by atoms with Crippen LogP contribution in [-0.2, 0) is 12.0 Å². The van der Waals surface area contributed by atoms with Crippen molar-refractivity contribution < 1.29 is 13.6 Å². The van der Waals surface area contributed by atoms with E-state index in [1.165, 1.54) is 12.1 Å². The molecule has 0 bridgehead atoms. The molecule has 1 aliphatic heterocycles. The van der Waals surface area contributed by atoms with Gasteiger partial charge in [-0.25, -0.2) is 13.8 Å². The molecule has 5 nitrogen and oxygen atoms in total. The molecule has 0 saturated carbocycles. The van der Waals surface area contributed by atoms with Crippen LogP contribution in [0.5, 0.6) is 0 Å². The van der Waals surface area contributed by atoms with Gasteiger partial charge in [-0.1, -0.05) is 20.8 Å². The van der Waals surface area contributed by atoms with Crippen molar-refractivity contribution in [3.05, 3.63) is 76.7 Å². The van der Waals surface area contributed by atoms with Crippen molar-refractivity contribution in [3.8, 4) is 11.1 Å². The summed E-state index contributed by atoms with van der Waals surface area (Å²) in [6.45, 7) is 10.8. The second kappa shape index (κ2) is 8.54. The molecule has 172 valence electrons. The normalized spacial score (nSPS) is 14.4. The molecular formula is C26H28F2N4O. The number of carbonyl (C=O) groups excluding carboxylic acids is 1. The number of anilines is 1. The molecule has 1 amide bonds. The van der Waals surface area contributed by atoms with Gasteiger partial charge in [0.05, 0.1) is 18.2 Å². The van der Waals surface area contributed by atoms with Gasteiger partial charge < -0.3 is 10.2 Å². The Bertz CT molecular complexity index is 1200. The Kier molecular flexibility index (Phi) is 5.91. The summed E-state index contributed by atoms with van der Waals surface area (Å²) in [6, 6.07) is 7.33. The summed E-state index contributed by atoms with van der Waals surface area (Å²) in [5.74, 6) is -0.747. The number of nitrogens with zero attached hydrogens (tertiary/aromatic N) is 3. The van der Waals surface area contributed by atoms with Crippen LogP contribution in [0.4, 0.5) is 14.6 Å². The monoisotopic (exact) mass is 450 g/mol. The van der Waals surface area contributed by atoms with Gasteiger partial charge in [0.15, 0.2) is 0 Å². The van der Waals surface area contributed by atoms with Crippen LogP contribution in [0.15, 0.2) is 42.7 Å². The Morgan fingerprint density at radius 3 is 2.39 bits per heavy atom. The maximum absolute atomic E-state index is 15.1. The SMILES string of the molecule is CCN1Cc2c(ccnc2N[C@@H](C)c2cc(F)c(-c3ccnc(C(C)(C)C)c3)c(F)c2)C1=O. The van der Waals surface area contributed by atoms with E-state index in [9.17, 15) is 4.79 Å². The maximum atomic E-state index is 15.1. The molecule has 0 saturated heterocycles. The molecule has 33 heavy (non-hydrogen) atoms. The van der Waals surface area contributed by atoms with Crippen molar-refractivity contribution in [1.29, 1.82) is 0 Å². The molecule has 3 heterocycles. The van der Waals surface area contributed by atoms with E-state index in [0.29, 0.717) is 35.6 Å². The number of hydrogen-bond acceptors (Lipinski definition) is 4. The summed E-state index contributed by atoms with van der Waals surface area (Å²) in [4.78, 5) is 22.9. The van der Waals surface area contributed by atoms with E-state index in [1.807, 2.05) is 34.6 Å². The van der Waals surface area contributed by atoms with E-state index in [1.54, 1.807) is 35.5 Å². The van der Waals surface area contributed by atoms with E-state index < -0.39 is 17.7 Å². The largest absolute Gasteiger partial charge is 0.363 e. The standard InChI is InChI=1S/C26H28F2N4O/c1-6-32-14-19-18(25(32)33)8-10-30-24(19)31-15(2)17-11-20(27)23(21(28)12-17)16-7-9-29-22(13-16)26(3,4)5/h7-13,15H,6,14H2,1-5H3,(H,30,31)/t15-/m0/s1. The molecule has 0 unspecified atom stereocenters. The minimum Gasteiger partial charge on any atom is -0.363 e. The highest BCUT2D eigenvalue weighted by atomic mass is 19.1. The Labute approximate surface area is 192 Å². The van der Waals surface area contributed by atoms with E-state index in [-0.39, 0.29) is 16.9 Å². The third-order valence-corrected chi connectivity index (χ3v) is 6.04. The van der Waals surface area contributed by atoms with Crippen LogP contribution in [0.2, 0.25) is 0 Å². The van der Waals surface area contributed by atoms with E-state index in [4.69, 9.17) is 0 Å². The fraction of sp³-hybridized carbons (Fsp3) is 0.346. The number of amides is 1. The zero-order chi connectivity index (χ0) is 23.9. The summed E-state index contributed by atoms with van der Waals surface area (Å²) in [7, 11) is 0. The van der Waals surface area contributed by atoms with Gasteiger partial charge in [0.1, 0.15) is 17.5 Å². The molecule has 1 atom stereocenters. The predicted molar refractivity (Wildman–Crippen MR) is 125 cm³/mol. The first-order chi connectivity index (χ1) is 15.6. The van der Waals surface area contributed by atoms with Crippen LogP contribution in [-0.4, -0.2) is 27.3 Å². The molecule has 1 aliphatic rings. The number of halogens is 2. The Morgan fingerprint density at radius 1 is 1.09 bits per heavy atom. The van der Waals surface area contributed by atoms with E-state index >= 15 is 8.78 Å². The fourth-order valence-corrected chi connectivity index (χ4v) is 4.07. The molecule has 0 fully saturated rings. The fourth-order valence-electron chi connectivity index (χ4n) is 4.07. The first kappa shape index (κ1) is 22.8. The lowest BCUT2D eigenvalue weighted by Crippen LogP contribution is -2.22. The van der Waals surface area contributed by atoms with Gasteiger partial charge in [-0.2, -0.15) is 0 Å². The zero-order valence-electron chi connectivity index (χ0n) is 19.5. The molecule has 0 radical (unpaired) electrons. The highest BCUT2D eigenvalue weighted by Gasteiger charge is 2.29. The topological polar surface area (TPSA) is 58.1 Å². The van der Waals surface area contributed by atoms with Gasteiger partial charge in [0, 0.05) is 41.2 Å². The summed E-state index contributed by atoms with van der Waals surface area (Å²) < 4.78 is 30.3. The molecule has 1 aromatic carbocycles. The van der Waals surface area contributed by atoms with Crippen LogP contribution in [0.3, 0.4) is 0 Å². The molecule has 0 spiro atoms. The third kappa shape index (κ3) is 4.32. The summed E-state index contributed by atoms with van der Waals surface area (Å²) in [5, 5.41) is 3.23. The van der Waals surface area contributed by atoms with Crippen LogP contribution < -0.4 is 5.32 Å². The Hall–Kier alpha value is -3.35. The van der Waals surface area contributed by atoms with Crippen LogP contribution in [0, 0.1) is 11.6 Å². The second-order valence-corrected chi connectivity index (χ2v) is 9.41. The lowest BCUT2D eigenvalue weighted by molar-refractivity contribution is 0.0787. The highest BCUT2D eigenvalue weighted by Crippen LogP contribution is 2.33. The summed E-state index contributed by atoms with van der Waals surface area (Å²) >= 11 is 0. The van der Waals surface area contributed by atoms with Gasteiger partial charge in [0.25, 0.3) is 5.91 Å². The van der Waals surface area contributed by atoms with Crippen LogP contribution in [0.25, 0.3) is 11.1 Å². The second-order valence-electron chi connectivity index (χ2n) is 9.41. The molecule has 1 N–H and O–H groups in total. The molecule has 7 heteroatoms. The lowest BCUT2D eigenvalue weighted by atomic mass is 9.89. The average molecular weight is 451 g/mol. The molecule has 3 aromatic rings. The minimum absolute atomic E-state index is 0.0287. The highest BCUT2D eigenvalue weighted by molar-refractivity contribution is 5.99. The predicted octanol–water partition coefficient (Wildman–Crippen LogP) is 5.87. The number of aromatic nitrogens is 2. The van der Waals surface area contributed by atoms with E-state index in [0.717, 1.165) is 11.3 Å². The first-order valence-electron chi connectivity index (χ1n) is 11.1. The maximum Gasteiger partial charge on any atom is 0.254 e. The molecule has 4 rings (SSSR count). The third-order valence-electron chi connectivity index (χ3n) is 6.04. The van der Waals surface area contributed by atoms with Gasteiger partial charge in [-0.05, 0) is 55.3 Å². The van der Waals surface area contributed by atoms with Gasteiger partial charge in [0.2, 0.25) is 0 Å². The number of pyridine rings is 2. The number of fused-ring (bicyclic) bond motifs is 1. The van der Waals surface area contributed by atoms with Crippen molar-refractivity contribution in [2.75, 3.05) is 11.9 Å². The van der Waals surface area contributed by atoms with Crippen molar-refractivity contribution in [1.82, 2.24) is 14.9 Å². The van der Waals surface area contributed by atoms with Crippen molar-refractivity contribution in [2.45, 2.75) is 52.6 Å². The zero-order valence-corrected chi connectivity index (χ0v) is 19.5. The molecule has 2 aromatic heterocycles. The number of carbonyl (C=O) groups is 1. The minimum atomic E-state index is -0.636. The van der Waals surface area contributed by atoms with Gasteiger partial charge in [-0.15, -0.1) is 0 Å². The van der Waals surface area contributed by atoms with Gasteiger partial charge in [-0.3, -0.25) is 9.78 Å². The smallest absolute Gasteiger partial charge is 0.254 e. The number of rotatable bonds is 5. The van der Waals surface area contributed by atoms with Crippen molar-refractivity contribution in [3.63, 3.8) is 0 Å². The number of hydrogen-bond donors (Lipinski definition) is 1.